The number of nitrogens with zero attached hydrogens (tertiary/aromatic N) is 4. The molecule has 0 aliphatic carbocycles. The first kappa shape index (κ1) is 19.5. The zero-order chi connectivity index (χ0) is 21.1. The van der Waals surface area contributed by atoms with E-state index in [1.54, 1.807) is 0 Å². The number of hydrogen-bond acceptors (Lipinski definition) is 8. The molecule has 0 atom stereocenters. The van der Waals surface area contributed by atoms with Crippen LogP contribution in [-0.4, -0.2) is 19.8 Å². The number of rotatable bonds is 6. The summed E-state index contributed by atoms with van der Waals surface area (Å²) in [6.07, 6.45) is 0.683. The van der Waals surface area contributed by atoms with E-state index in [1.807, 2.05) is 0 Å². The second-order valence-electron chi connectivity index (χ2n) is 5.48. The molecule has 2 aromatic carbocycles. The topological polar surface area (TPSA) is 136 Å². The number of aromatic nitrogens is 2. The average Bonchev–Trinajstić information content (AvgIpc) is 2.67. The highest BCUT2D eigenvalue weighted by Crippen LogP contribution is 2.27. The van der Waals surface area contributed by atoms with Crippen LogP contribution in [0.3, 0.4) is 0 Å². The Balaban J connectivity index is 1.92. The molecule has 0 aliphatic rings. The van der Waals surface area contributed by atoms with Crippen LogP contribution in [0, 0.1) is 37.7 Å². The van der Waals surface area contributed by atoms with Gasteiger partial charge in [0, 0.05) is 24.3 Å². The molecule has 29 heavy (non-hydrogen) atoms. The highest BCUT2D eigenvalue weighted by Gasteiger charge is 2.16. The summed E-state index contributed by atoms with van der Waals surface area (Å²) in [5.74, 6) is -3.72. The molecule has 0 aliphatic heterocycles. The average molecular weight is 406 g/mol. The van der Waals surface area contributed by atoms with Gasteiger partial charge in [0.2, 0.25) is 5.95 Å². The monoisotopic (exact) mass is 406 g/mol. The molecule has 10 nitrogen and oxygen atoms in total. The number of benzene rings is 2. The van der Waals surface area contributed by atoms with Gasteiger partial charge in [-0.15, -0.1) is 0 Å². The third-order valence-corrected chi connectivity index (χ3v) is 3.57. The van der Waals surface area contributed by atoms with E-state index in [2.05, 4.69) is 20.6 Å². The zero-order valence-corrected chi connectivity index (χ0v) is 14.1. The normalized spacial score (nSPS) is 10.4. The van der Waals surface area contributed by atoms with Gasteiger partial charge >= 0.3 is 0 Å². The van der Waals surface area contributed by atoms with Gasteiger partial charge in [-0.2, -0.15) is 4.98 Å². The van der Waals surface area contributed by atoms with E-state index in [1.165, 1.54) is 0 Å². The van der Waals surface area contributed by atoms with Crippen LogP contribution in [0.4, 0.5) is 47.7 Å². The van der Waals surface area contributed by atoms with Gasteiger partial charge in [0.05, 0.1) is 27.4 Å². The molecule has 0 radical (unpaired) electrons. The fraction of sp³-hybridized carbons (Fsp3) is 0. The molecular weight excluding hydrogens is 397 g/mol. The van der Waals surface area contributed by atoms with Gasteiger partial charge < -0.3 is 10.6 Å². The SMILES string of the molecule is O=[N+]([O-])c1ccc(F)c(Nc2ncc(F)c(Nc3cc([N+](=O)[O-])ccc3F)n2)c1. The second kappa shape index (κ2) is 7.75. The van der Waals surface area contributed by atoms with Crippen LogP contribution in [0.1, 0.15) is 0 Å². The van der Waals surface area contributed by atoms with Gasteiger partial charge in [0.15, 0.2) is 11.6 Å². The number of nitro groups is 2. The molecule has 0 spiro atoms. The third kappa shape index (κ3) is 4.35. The summed E-state index contributed by atoms with van der Waals surface area (Å²) in [7, 11) is 0. The lowest BCUT2D eigenvalue weighted by Crippen LogP contribution is -2.05. The molecule has 1 aromatic heterocycles. The lowest BCUT2D eigenvalue weighted by Gasteiger charge is -2.10. The molecule has 148 valence electrons. The number of anilines is 4. The summed E-state index contributed by atoms with van der Waals surface area (Å²) in [5, 5.41) is 26.2. The Labute approximate surface area is 159 Å². The van der Waals surface area contributed by atoms with E-state index in [0.29, 0.717) is 6.20 Å². The van der Waals surface area contributed by atoms with Crippen molar-refractivity contribution in [2.75, 3.05) is 10.6 Å². The largest absolute Gasteiger partial charge is 0.335 e. The summed E-state index contributed by atoms with van der Waals surface area (Å²) in [6, 6.07) is 5.26. The van der Waals surface area contributed by atoms with Gasteiger partial charge in [0.25, 0.3) is 11.4 Å². The fourth-order valence-corrected chi connectivity index (χ4v) is 2.21. The smallest absolute Gasteiger partial charge is 0.271 e. The van der Waals surface area contributed by atoms with E-state index < -0.39 is 50.2 Å². The van der Waals surface area contributed by atoms with Crippen molar-refractivity contribution in [2.45, 2.75) is 0 Å². The fourth-order valence-electron chi connectivity index (χ4n) is 2.21. The number of hydrogen-bond donors (Lipinski definition) is 2. The van der Waals surface area contributed by atoms with Crippen LogP contribution in [0.15, 0.2) is 42.6 Å². The van der Waals surface area contributed by atoms with Gasteiger partial charge in [-0.25, -0.2) is 18.2 Å². The maximum absolute atomic E-state index is 14.0. The minimum absolute atomic E-state index is 0.349. The molecule has 0 unspecified atom stereocenters. The van der Waals surface area contributed by atoms with Crippen LogP contribution in [0.2, 0.25) is 0 Å². The van der Waals surface area contributed by atoms with Gasteiger partial charge in [-0.05, 0) is 12.1 Å². The van der Waals surface area contributed by atoms with E-state index in [-0.39, 0.29) is 11.6 Å². The van der Waals surface area contributed by atoms with Crippen molar-refractivity contribution in [2.24, 2.45) is 0 Å². The van der Waals surface area contributed by atoms with Crippen molar-refractivity contribution >= 4 is 34.5 Å². The van der Waals surface area contributed by atoms with E-state index in [0.717, 1.165) is 36.4 Å². The van der Waals surface area contributed by atoms with Crippen molar-refractivity contribution in [3.63, 3.8) is 0 Å². The quantitative estimate of drug-likeness (QED) is 0.459. The van der Waals surface area contributed by atoms with Crippen molar-refractivity contribution < 1.29 is 23.0 Å². The Hall–Kier alpha value is -4.29. The van der Waals surface area contributed by atoms with Gasteiger partial charge in [-0.3, -0.25) is 20.2 Å². The summed E-state index contributed by atoms with van der Waals surface area (Å²) in [5.41, 5.74) is -1.63. The first-order valence-electron chi connectivity index (χ1n) is 7.69. The zero-order valence-electron chi connectivity index (χ0n) is 14.1. The summed E-state index contributed by atoms with van der Waals surface area (Å²) in [6.45, 7) is 0. The number of non-ortho nitro benzene ring substituents is 2. The molecular formula is C16H9F3N6O4. The molecule has 1 heterocycles. The third-order valence-electron chi connectivity index (χ3n) is 3.57. The number of halogens is 3. The Kier molecular flexibility index (Phi) is 5.21. The lowest BCUT2D eigenvalue weighted by molar-refractivity contribution is -0.385. The van der Waals surface area contributed by atoms with Crippen LogP contribution < -0.4 is 10.6 Å². The van der Waals surface area contributed by atoms with Crippen molar-refractivity contribution in [3.05, 3.63) is 80.3 Å². The molecule has 0 amide bonds. The van der Waals surface area contributed by atoms with Crippen LogP contribution in [0.5, 0.6) is 0 Å². The van der Waals surface area contributed by atoms with Crippen molar-refractivity contribution in [1.82, 2.24) is 9.97 Å². The molecule has 13 heteroatoms. The first-order valence-corrected chi connectivity index (χ1v) is 7.69. The van der Waals surface area contributed by atoms with Crippen molar-refractivity contribution in [1.29, 1.82) is 0 Å². The summed E-state index contributed by atoms with van der Waals surface area (Å²) >= 11 is 0. The van der Waals surface area contributed by atoms with Gasteiger partial charge in [0.1, 0.15) is 11.6 Å². The molecule has 0 fully saturated rings. The molecule has 0 saturated heterocycles. The number of nitro benzene ring substituents is 2. The van der Waals surface area contributed by atoms with Crippen LogP contribution >= 0.6 is 0 Å². The molecule has 3 rings (SSSR count). The Morgan fingerprint density at radius 2 is 1.31 bits per heavy atom. The highest BCUT2D eigenvalue weighted by molar-refractivity contribution is 5.63. The maximum atomic E-state index is 14.0. The Morgan fingerprint density at radius 1 is 0.793 bits per heavy atom. The van der Waals surface area contributed by atoms with E-state index in [4.69, 9.17) is 0 Å². The predicted molar refractivity (Wildman–Crippen MR) is 94.7 cm³/mol. The van der Waals surface area contributed by atoms with E-state index in [9.17, 15) is 33.4 Å². The van der Waals surface area contributed by atoms with Gasteiger partial charge in [-0.1, -0.05) is 0 Å². The second-order valence-corrected chi connectivity index (χ2v) is 5.48. The summed E-state index contributed by atoms with van der Waals surface area (Å²) in [4.78, 5) is 27.4. The minimum atomic E-state index is -1.03. The standard InChI is InChI=1S/C16H9F3N6O4/c17-10-3-1-8(24(26)27)5-13(10)21-15-12(19)7-20-16(23-15)22-14-6-9(25(28)29)2-4-11(14)18/h1-7H,(H2,20,21,22,23). The summed E-state index contributed by atoms with van der Waals surface area (Å²) < 4.78 is 41.8. The Bertz CT molecular complexity index is 1130. The maximum Gasteiger partial charge on any atom is 0.271 e. The predicted octanol–water partition coefficient (Wildman–Crippen LogP) is 4.20. The van der Waals surface area contributed by atoms with Crippen molar-refractivity contribution in [3.8, 4) is 0 Å². The lowest BCUT2D eigenvalue weighted by atomic mass is 10.2. The highest BCUT2D eigenvalue weighted by atomic mass is 19.1. The first-order chi connectivity index (χ1) is 13.7. The van der Waals surface area contributed by atoms with Crippen LogP contribution in [-0.2, 0) is 0 Å². The van der Waals surface area contributed by atoms with E-state index >= 15 is 0 Å². The molecule has 0 saturated carbocycles. The molecule has 0 bridgehead atoms. The molecule has 3 aromatic rings. The molecule has 2 N–H and O–H groups in total. The van der Waals surface area contributed by atoms with Crippen LogP contribution in [0.25, 0.3) is 0 Å². The minimum Gasteiger partial charge on any atom is -0.335 e. The Morgan fingerprint density at radius 3 is 1.83 bits per heavy atom. The number of nitrogens with one attached hydrogen (secondary N) is 2.